The number of hydrogen-bond acceptors (Lipinski definition) is 5. The maximum Gasteiger partial charge on any atom is 0.135 e. The molecule has 5 nitrogen and oxygen atoms in total. The van der Waals surface area contributed by atoms with Gasteiger partial charge in [0.1, 0.15) is 11.6 Å². The van der Waals surface area contributed by atoms with Crippen molar-refractivity contribution in [2.45, 2.75) is 32.9 Å². The lowest BCUT2D eigenvalue weighted by Gasteiger charge is -2.23. The molecule has 0 bridgehead atoms. The summed E-state index contributed by atoms with van der Waals surface area (Å²) >= 11 is 0. The number of anilines is 1. The van der Waals surface area contributed by atoms with Crippen LogP contribution in [0.5, 0.6) is 0 Å². The summed E-state index contributed by atoms with van der Waals surface area (Å²) in [6.45, 7) is 7.40. The number of aliphatic hydroxyl groups is 1. The molecule has 1 aliphatic rings. The van der Waals surface area contributed by atoms with Crippen LogP contribution in [0.15, 0.2) is 0 Å². The van der Waals surface area contributed by atoms with Crippen molar-refractivity contribution in [3.05, 3.63) is 17.1 Å². The van der Waals surface area contributed by atoms with Crippen molar-refractivity contribution in [3.8, 4) is 0 Å². The summed E-state index contributed by atoms with van der Waals surface area (Å²) in [6, 6.07) is 0.167. The first-order valence-electron chi connectivity index (χ1n) is 6.31. The van der Waals surface area contributed by atoms with Crippen LogP contribution in [0.2, 0.25) is 0 Å². The molecule has 0 amide bonds. The number of hydrogen-bond donors (Lipinski definition) is 1. The predicted molar refractivity (Wildman–Crippen MR) is 71.9 cm³/mol. The van der Waals surface area contributed by atoms with Crippen LogP contribution in [-0.2, 0) is 0 Å². The molecule has 1 saturated heterocycles. The predicted octanol–water partition coefficient (Wildman–Crippen LogP) is 0.513. The highest BCUT2D eigenvalue weighted by Gasteiger charge is 2.34. The Morgan fingerprint density at radius 1 is 1.17 bits per heavy atom. The summed E-state index contributed by atoms with van der Waals surface area (Å²) in [4.78, 5) is 13.1. The van der Waals surface area contributed by atoms with Crippen molar-refractivity contribution in [2.75, 3.05) is 32.1 Å². The minimum absolute atomic E-state index is 0.167. The molecule has 1 aliphatic heterocycles. The summed E-state index contributed by atoms with van der Waals surface area (Å²) in [5.74, 6) is 1.75. The Bertz CT molecular complexity index is 447. The van der Waals surface area contributed by atoms with Gasteiger partial charge in [-0.25, -0.2) is 9.97 Å². The maximum absolute atomic E-state index is 10.1. The van der Waals surface area contributed by atoms with Crippen molar-refractivity contribution in [3.63, 3.8) is 0 Å². The van der Waals surface area contributed by atoms with Crippen LogP contribution in [0.1, 0.15) is 17.1 Å². The fraction of sp³-hybridized carbons (Fsp3) is 0.692. The van der Waals surface area contributed by atoms with Gasteiger partial charge in [-0.05, 0) is 34.9 Å². The van der Waals surface area contributed by atoms with E-state index in [0.29, 0.717) is 6.54 Å². The lowest BCUT2D eigenvalue weighted by molar-refractivity contribution is 0.114. The monoisotopic (exact) mass is 250 g/mol. The number of likely N-dealkylation sites (N-methyl/N-ethyl adjacent to an activating group) is 1. The number of aliphatic hydroxyl groups excluding tert-OH is 1. The fourth-order valence-corrected chi connectivity index (χ4v) is 2.51. The summed E-state index contributed by atoms with van der Waals surface area (Å²) < 4.78 is 0. The SMILES string of the molecule is Cc1nc(C)c(C)c(N2C[C@@H](O)[C@H](N(C)C)C2)n1. The Morgan fingerprint density at radius 3 is 2.39 bits per heavy atom. The zero-order valence-corrected chi connectivity index (χ0v) is 11.8. The van der Waals surface area contributed by atoms with E-state index in [1.165, 1.54) is 0 Å². The normalized spacial score (nSPS) is 24.1. The lowest BCUT2D eigenvalue weighted by atomic mass is 10.2. The largest absolute Gasteiger partial charge is 0.390 e. The average molecular weight is 250 g/mol. The van der Waals surface area contributed by atoms with Crippen molar-refractivity contribution < 1.29 is 5.11 Å². The number of rotatable bonds is 2. The minimum Gasteiger partial charge on any atom is -0.390 e. The second kappa shape index (κ2) is 4.82. The zero-order chi connectivity index (χ0) is 13.4. The molecule has 2 atom stereocenters. The molecule has 2 rings (SSSR count). The Kier molecular flexibility index (Phi) is 3.54. The van der Waals surface area contributed by atoms with Gasteiger partial charge in [0.2, 0.25) is 0 Å². The molecule has 5 heteroatoms. The molecular formula is C13H22N4O. The van der Waals surface area contributed by atoms with Crippen LogP contribution in [0.25, 0.3) is 0 Å². The van der Waals surface area contributed by atoms with Gasteiger partial charge in [0, 0.05) is 24.3 Å². The van der Waals surface area contributed by atoms with E-state index in [1.54, 1.807) is 0 Å². The Labute approximate surface area is 108 Å². The summed E-state index contributed by atoms with van der Waals surface area (Å²) in [5, 5.41) is 10.1. The van der Waals surface area contributed by atoms with Gasteiger partial charge in [-0.15, -0.1) is 0 Å². The van der Waals surface area contributed by atoms with Crippen molar-refractivity contribution in [1.82, 2.24) is 14.9 Å². The third-order valence-electron chi connectivity index (χ3n) is 3.70. The van der Waals surface area contributed by atoms with Gasteiger partial charge in [0.25, 0.3) is 0 Å². The summed E-state index contributed by atoms with van der Waals surface area (Å²) in [6.07, 6.45) is -0.324. The first-order chi connectivity index (χ1) is 8.40. The van der Waals surface area contributed by atoms with E-state index < -0.39 is 0 Å². The highest BCUT2D eigenvalue weighted by Crippen LogP contribution is 2.25. The third-order valence-corrected chi connectivity index (χ3v) is 3.70. The van der Waals surface area contributed by atoms with Crippen molar-refractivity contribution in [1.29, 1.82) is 0 Å². The number of aromatic nitrogens is 2. The number of aryl methyl sites for hydroxylation is 2. The van der Waals surface area contributed by atoms with E-state index >= 15 is 0 Å². The number of β-amino-alcohol motifs (C(OH)–C–C–N with tert-alkyl or cyclic N) is 1. The van der Waals surface area contributed by atoms with Gasteiger partial charge in [-0.3, -0.25) is 0 Å². The number of nitrogens with zero attached hydrogens (tertiary/aromatic N) is 4. The lowest BCUT2D eigenvalue weighted by Crippen LogP contribution is -2.38. The second-order valence-electron chi connectivity index (χ2n) is 5.31. The molecule has 1 aromatic rings. The highest BCUT2D eigenvalue weighted by molar-refractivity contribution is 5.49. The highest BCUT2D eigenvalue weighted by atomic mass is 16.3. The molecule has 1 aromatic heterocycles. The molecule has 0 radical (unpaired) electrons. The van der Waals surface area contributed by atoms with E-state index in [2.05, 4.69) is 19.8 Å². The molecule has 0 spiro atoms. The molecule has 2 heterocycles. The molecule has 1 N–H and O–H groups in total. The average Bonchev–Trinajstić information content (AvgIpc) is 2.65. The maximum atomic E-state index is 10.1. The molecule has 100 valence electrons. The van der Waals surface area contributed by atoms with Crippen LogP contribution < -0.4 is 4.90 Å². The van der Waals surface area contributed by atoms with Crippen LogP contribution in [0.3, 0.4) is 0 Å². The van der Waals surface area contributed by atoms with Crippen molar-refractivity contribution >= 4 is 5.82 Å². The molecule has 18 heavy (non-hydrogen) atoms. The van der Waals surface area contributed by atoms with E-state index in [4.69, 9.17) is 0 Å². The van der Waals surface area contributed by atoms with E-state index in [0.717, 1.165) is 29.4 Å². The van der Waals surface area contributed by atoms with E-state index in [1.807, 2.05) is 34.9 Å². The quantitative estimate of drug-likeness (QED) is 0.829. The second-order valence-corrected chi connectivity index (χ2v) is 5.31. The van der Waals surface area contributed by atoms with Gasteiger partial charge in [-0.1, -0.05) is 0 Å². The summed E-state index contributed by atoms with van der Waals surface area (Å²) in [5.41, 5.74) is 2.12. The molecular weight excluding hydrogens is 228 g/mol. The molecule has 0 aromatic carbocycles. The van der Waals surface area contributed by atoms with Crippen molar-refractivity contribution in [2.24, 2.45) is 0 Å². The third kappa shape index (κ3) is 2.33. The zero-order valence-electron chi connectivity index (χ0n) is 11.8. The first-order valence-corrected chi connectivity index (χ1v) is 6.31. The molecule has 0 unspecified atom stereocenters. The van der Waals surface area contributed by atoms with Crippen LogP contribution in [0, 0.1) is 20.8 Å². The standard InChI is InChI=1S/C13H22N4O/c1-8-9(2)14-10(3)15-13(8)17-6-11(16(4)5)12(18)7-17/h11-12,18H,6-7H2,1-5H3/t11-,12-/m1/s1. The Morgan fingerprint density at radius 2 is 1.83 bits per heavy atom. The summed E-state index contributed by atoms with van der Waals surface area (Å²) in [7, 11) is 4.00. The Hall–Kier alpha value is -1.20. The minimum atomic E-state index is -0.324. The Balaban J connectivity index is 2.29. The van der Waals surface area contributed by atoms with Crippen LogP contribution >= 0.6 is 0 Å². The van der Waals surface area contributed by atoms with Gasteiger partial charge in [-0.2, -0.15) is 0 Å². The molecule has 0 aliphatic carbocycles. The first kappa shape index (κ1) is 13.2. The van der Waals surface area contributed by atoms with Gasteiger partial charge >= 0.3 is 0 Å². The van der Waals surface area contributed by atoms with Gasteiger partial charge in [0.15, 0.2) is 0 Å². The van der Waals surface area contributed by atoms with Crippen LogP contribution in [-0.4, -0.2) is 59.3 Å². The molecule has 0 saturated carbocycles. The smallest absolute Gasteiger partial charge is 0.135 e. The van der Waals surface area contributed by atoms with E-state index in [9.17, 15) is 5.11 Å². The van der Waals surface area contributed by atoms with Gasteiger partial charge < -0.3 is 14.9 Å². The van der Waals surface area contributed by atoms with Gasteiger partial charge in [0.05, 0.1) is 12.1 Å². The molecule has 1 fully saturated rings. The van der Waals surface area contributed by atoms with E-state index in [-0.39, 0.29) is 12.1 Å². The van der Waals surface area contributed by atoms with Crippen LogP contribution in [0.4, 0.5) is 5.82 Å². The topological polar surface area (TPSA) is 52.5 Å². The fourth-order valence-electron chi connectivity index (χ4n) is 2.51.